The van der Waals surface area contributed by atoms with Gasteiger partial charge < -0.3 is 15.3 Å². The van der Waals surface area contributed by atoms with Gasteiger partial charge in [0.25, 0.3) is 5.91 Å². The zero-order valence-corrected chi connectivity index (χ0v) is 14.7. The molecule has 136 valence electrons. The number of benzene rings is 1. The molecular weight excluding hydrogens is 332 g/mol. The van der Waals surface area contributed by atoms with Gasteiger partial charge in [-0.2, -0.15) is 0 Å². The average Bonchev–Trinajstić information content (AvgIpc) is 2.68. The number of carboxylic acid groups (broad SMARTS) is 1. The van der Waals surface area contributed by atoms with E-state index in [2.05, 4.69) is 15.3 Å². The zero-order valence-electron chi connectivity index (χ0n) is 14.7. The monoisotopic (exact) mass is 354 g/mol. The standard InChI is InChI=1S/C19H22N4O3/c1-2-20-19-21-10-16(11-22-19)17(24)23-9-3-4-15(12-23)13-5-7-14(8-6-13)18(25)26/h5-8,10-11,15H,2-4,9,12H2,1H3,(H,25,26)(H,20,21,22)/t15-/m1/s1. The predicted molar refractivity (Wildman–Crippen MR) is 97.5 cm³/mol. The SMILES string of the molecule is CCNc1ncc(C(=O)N2CCC[C@@H](c3ccc(C(=O)O)cc3)C2)cn1. The Morgan fingerprint density at radius 3 is 2.50 bits per heavy atom. The smallest absolute Gasteiger partial charge is 0.335 e. The molecule has 7 heteroatoms. The summed E-state index contributed by atoms with van der Waals surface area (Å²) in [5, 5.41) is 12.0. The number of hydrogen-bond donors (Lipinski definition) is 2. The second kappa shape index (κ2) is 7.95. The Bertz CT molecular complexity index is 774. The molecule has 1 saturated heterocycles. The molecule has 1 atom stereocenters. The van der Waals surface area contributed by atoms with Gasteiger partial charge in [0.15, 0.2) is 0 Å². The van der Waals surface area contributed by atoms with Crippen LogP contribution in [0.2, 0.25) is 0 Å². The normalized spacial score (nSPS) is 17.0. The lowest BCUT2D eigenvalue weighted by Crippen LogP contribution is -2.39. The number of rotatable bonds is 5. The summed E-state index contributed by atoms with van der Waals surface area (Å²) in [5.41, 5.74) is 1.81. The number of nitrogens with one attached hydrogen (secondary N) is 1. The molecule has 0 spiro atoms. The highest BCUT2D eigenvalue weighted by Gasteiger charge is 2.26. The zero-order chi connectivity index (χ0) is 18.5. The summed E-state index contributed by atoms with van der Waals surface area (Å²) in [6.45, 7) is 4.00. The average molecular weight is 354 g/mol. The number of aromatic nitrogens is 2. The molecule has 2 N–H and O–H groups in total. The van der Waals surface area contributed by atoms with E-state index in [1.807, 2.05) is 24.0 Å². The lowest BCUT2D eigenvalue weighted by molar-refractivity contribution is 0.0693. The van der Waals surface area contributed by atoms with E-state index >= 15 is 0 Å². The van der Waals surface area contributed by atoms with Crippen molar-refractivity contribution >= 4 is 17.8 Å². The van der Waals surface area contributed by atoms with E-state index in [0.717, 1.165) is 24.9 Å². The van der Waals surface area contributed by atoms with E-state index in [0.29, 0.717) is 24.6 Å². The number of carbonyl (C=O) groups is 2. The van der Waals surface area contributed by atoms with Crippen molar-refractivity contribution in [3.05, 3.63) is 53.3 Å². The topological polar surface area (TPSA) is 95.4 Å². The van der Waals surface area contributed by atoms with Gasteiger partial charge in [0.2, 0.25) is 5.95 Å². The van der Waals surface area contributed by atoms with Gasteiger partial charge in [-0.25, -0.2) is 14.8 Å². The summed E-state index contributed by atoms with van der Waals surface area (Å²) >= 11 is 0. The first kappa shape index (κ1) is 17.8. The fraction of sp³-hybridized carbons (Fsp3) is 0.368. The van der Waals surface area contributed by atoms with Crippen LogP contribution in [0.5, 0.6) is 0 Å². The summed E-state index contributed by atoms with van der Waals surface area (Å²) in [6, 6.07) is 6.92. The van der Waals surface area contributed by atoms with Crippen LogP contribution in [0, 0.1) is 0 Å². The van der Waals surface area contributed by atoms with Crippen molar-refractivity contribution < 1.29 is 14.7 Å². The van der Waals surface area contributed by atoms with Crippen LogP contribution >= 0.6 is 0 Å². The number of piperidine rings is 1. The summed E-state index contributed by atoms with van der Waals surface area (Å²) < 4.78 is 0. The fourth-order valence-corrected chi connectivity index (χ4v) is 3.20. The summed E-state index contributed by atoms with van der Waals surface area (Å²) in [6.07, 6.45) is 5.00. The number of aromatic carboxylic acids is 1. The van der Waals surface area contributed by atoms with Gasteiger partial charge in [-0.1, -0.05) is 12.1 Å². The number of carboxylic acids is 1. The predicted octanol–water partition coefficient (Wildman–Crippen LogP) is 2.63. The third-order valence-electron chi connectivity index (χ3n) is 4.57. The van der Waals surface area contributed by atoms with Crippen LogP contribution in [-0.4, -0.2) is 51.5 Å². The first-order valence-electron chi connectivity index (χ1n) is 8.77. The number of anilines is 1. The first-order valence-corrected chi connectivity index (χ1v) is 8.77. The van der Waals surface area contributed by atoms with Gasteiger partial charge >= 0.3 is 5.97 Å². The second-order valence-electron chi connectivity index (χ2n) is 6.34. The van der Waals surface area contributed by atoms with Crippen LogP contribution < -0.4 is 5.32 Å². The van der Waals surface area contributed by atoms with Crippen LogP contribution in [0.4, 0.5) is 5.95 Å². The van der Waals surface area contributed by atoms with E-state index in [-0.39, 0.29) is 17.4 Å². The highest BCUT2D eigenvalue weighted by atomic mass is 16.4. The van der Waals surface area contributed by atoms with E-state index in [9.17, 15) is 9.59 Å². The molecule has 1 amide bonds. The van der Waals surface area contributed by atoms with Crippen LogP contribution in [0.3, 0.4) is 0 Å². The maximum absolute atomic E-state index is 12.7. The number of nitrogens with zero attached hydrogens (tertiary/aromatic N) is 3. The Kier molecular flexibility index (Phi) is 5.46. The van der Waals surface area contributed by atoms with Crippen LogP contribution in [-0.2, 0) is 0 Å². The van der Waals surface area contributed by atoms with E-state index in [1.165, 1.54) is 0 Å². The summed E-state index contributed by atoms with van der Waals surface area (Å²) in [7, 11) is 0. The Balaban J connectivity index is 1.69. The summed E-state index contributed by atoms with van der Waals surface area (Å²) in [4.78, 5) is 33.9. The number of likely N-dealkylation sites (tertiary alicyclic amines) is 1. The largest absolute Gasteiger partial charge is 0.478 e. The van der Waals surface area contributed by atoms with E-state index < -0.39 is 5.97 Å². The minimum atomic E-state index is -0.932. The van der Waals surface area contributed by atoms with Crippen molar-refractivity contribution in [1.29, 1.82) is 0 Å². The molecule has 1 aromatic carbocycles. The highest BCUT2D eigenvalue weighted by molar-refractivity contribution is 5.93. The molecular formula is C19H22N4O3. The van der Waals surface area contributed by atoms with Crippen LogP contribution in [0.25, 0.3) is 0 Å². The fourth-order valence-electron chi connectivity index (χ4n) is 3.20. The minimum absolute atomic E-state index is 0.0695. The van der Waals surface area contributed by atoms with Gasteiger partial charge in [0.05, 0.1) is 11.1 Å². The van der Waals surface area contributed by atoms with Crippen molar-refractivity contribution in [2.24, 2.45) is 0 Å². The van der Waals surface area contributed by atoms with Crippen LogP contribution in [0.15, 0.2) is 36.7 Å². The molecule has 2 heterocycles. The molecule has 0 aliphatic carbocycles. The molecule has 0 radical (unpaired) electrons. The van der Waals surface area contributed by atoms with Crippen molar-refractivity contribution in [3.63, 3.8) is 0 Å². The molecule has 0 bridgehead atoms. The molecule has 2 aromatic rings. The molecule has 1 aromatic heterocycles. The molecule has 0 unspecified atom stereocenters. The van der Waals surface area contributed by atoms with E-state index in [4.69, 9.17) is 5.11 Å². The number of amides is 1. The Morgan fingerprint density at radius 1 is 1.19 bits per heavy atom. The molecule has 0 saturated carbocycles. The van der Waals surface area contributed by atoms with Crippen molar-refractivity contribution in [1.82, 2.24) is 14.9 Å². The third-order valence-corrected chi connectivity index (χ3v) is 4.57. The number of hydrogen-bond acceptors (Lipinski definition) is 5. The minimum Gasteiger partial charge on any atom is -0.478 e. The lowest BCUT2D eigenvalue weighted by atomic mass is 9.90. The maximum Gasteiger partial charge on any atom is 0.335 e. The van der Waals surface area contributed by atoms with Crippen LogP contribution in [0.1, 0.15) is 52.0 Å². The Labute approximate surface area is 152 Å². The Morgan fingerprint density at radius 2 is 1.88 bits per heavy atom. The van der Waals surface area contributed by atoms with Crippen molar-refractivity contribution in [2.75, 3.05) is 25.0 Å². The van der Waals surface area contributed by atoms with Gasteiger partial charge in [-0.05, 0) is 37.5 Å². The first-order chi connectivity index (χ1) is 12.6. The molecule has 3 rings (SSSR count). The quantitative estimate of drug-likeness (QED) is 0.857. The molecule has 1 aliphatic heterocycles. The molecule has 1 aliphatic rings. The van der Waals surface area contributed by atoms with Crippen molar-refractivity contribution in [3.8, 4) is 0 Å². The van der Waals surface area contributed by atoms with Crippen molar-refractivity contribution in [2.45, 2.75) is 25.7 Å². The summed E-state index contributed by atoms with van der Waals surface area (Å²) in [5.74, 6) is -0.283. The highest BCUT2D eigenvalue weighted by Crippen LogP contribution is 2.28. The number of carbonyl (C=O) groups excluding carboxylic acids is 1. The van der Waals surface area contributed by atoms with Gasteiger partial charge in [-0.15, -0.1) is 0 Å². The second-order valence-corrected chi connectivity index (χ2v) is 6.34. The van der Waals surface area contributed by atoms with Gasteiger partial charge in [0, 0.05) is 37.9 Å². The van der Waals surface area contributed by atoms with Gasteiger partial charge in [0.1, 0.15) is 0 Å². The van der Waals surface area contributed by atoms with E-state index in [1.54, 1.807) is 24.5 Å². The Hall–Kier alpha value is -2.96. The lowest BCUT2D eigenvalue weighted by Gasteiger charge is -2.33. The third kappa shape index (κ3) is 3.99. The molecule has 7 nitrogen and oxygen atoms in total. The maximum atomic E-state index is 12.7. The molecule has 1 fully saturated rings. The van der Waals surface area contributed by atoms with Gasteiger partial charge in [-0.3, -0.25) is 4.79 Å². The molecule has 26 heavy (non-hydrogen) atoms.